The molecule has 5 heteroatoms. The van der Waals surface area contributed by atoms with Crippen molar-refractivity contribution in [3.8, 4) is 11.8 Å². The Labute approximate surface area is 133 Å². The summed E-state index contributed by atoms with van der Waals surface area (Å²) in [5.74, 6) is 0.579. The van der Waals surface area contributed by atoms with Gasteiger partial charge in [0.05, 0.1) is 17.3 Å². The van der Waals surface area contributed by atoms with E-state index in [1.54, 1.807) is 54.1 Å². The van der Waals surface area contributed by atoms with E-state index < -0.39 is 0 Å². The number of fused-ring (bicyclic) bond motifs is 1. The average Bonchev–Trinajstić information content (AvgIpc) is 3.02. The average molecular weight is 306 g/mol. The fourth-order valence-corrected chi connectivity index (χ4v) is 2.34. The van der Waals surface area contributed by atoms with Gasteiger partial charge in [-0.15, -0.1) is 0 Å². The van der Waals surface area contributed by atoms with Gasteiger partial charge in [-0.05, 0) is 42.5 Å². The van der Waals surface area contributed by atoms with Crippen LogP contribution in [-0.4, -0.2) is 24.1 Å². The van der Waals surface area contributed by atoms with Gasteiger partial charge in [-0.3, -0.25) is 4.79 Å². The monoisotopic (exact) mass is 306 g/mol. The minimum absolute atomic E-state index is 0.0972. The molecule has 0 aliphatic heterocycles. The Morgan fingerprint density at radius 3 is 2.65 bits per heavy atom. The van der Waals surface area contributed by atoms with Crippen LogP contribution in [0.25, 0.3) is 5.52 Å². The van der Waals surface area contributed by atoms with E-state index in [1.807, 2.05) is 18.2 Å². The highest BCUT2D eigenvalue weighted by Crippen LogP contribution is 2.20. The van der Waals surface area contributed by atoms with Crippen LogP contribution in [0.3, 0.4) is 0 Å². The van der Waals surface area contributed by atoms with Crippen molar-refractivity contribution in [1.29, 1.82) is 5.26 Å². The molecule has 5 nitrogen and oxygen atoms in total. The summed E-state index contributed by atoms with van der Waals surface area (Å²) in [6, 6.07) is 15.9. The molecule has 0 aliphatic carbocycles. The summed E-state index contributed by atoms with van der Waals surface area (Å²) in [5, 5.41) is 8.82. The smallest absolute Gasteiger partial charge is 0.209 e. The van der Waals surface area contributed by atoms with Gasteiger partial charge in [0, 0.05) is 30.5 Å². The third-order valence-electron chi connectivity index (χ3n) is 3.48. The number of ketones is 1. The lowest BCUT2D eigenvalue weighted by atomic mass is 10.1. The van der Waals surface area contributed by atoms with Gasteiger partial charge in [-0.1, -0.05) is 0 Å². The van der Waals surface area contributed by atoms with Crippen LogP contribution in [0.1, 0.15) is 21.6 Å². The topological polar surface area (TPSA) is 63.7 Å². The largest absolute Gasteiger partial charge is 0.467 e. The van der Waals surface area contributed by atoms with Crippen LogP contribution in [0, 0.1) is 11.3 Å². The van der Waals surface area contributed by atoms with Crippen LogP contribution in [0.2, 0.25) is 0 Å². The Kier molecular flexibility index (Phi) is 4.09. The van der Waals surface area contributed by atoms with Gasteiger partial charge >= 0.3 is 0 Å². The molecule has 0 saturated carbocycles. The molecule has 0 spiro atoms. The molecule has 0 radical (unpaired) electrons. The standard InChI is InChI=1S/C18H14N2O3/c1-22-12-23-16-8-9-20-15(10-16)6-7-17(20)18(21)14-4-2-13(11-19)3-5-14/h2-10H,12H2,1H3. The minimum atomic E-state index is -0.0972. The summed E-state index contributed by atoms with van der Waals surface area (Å²) in [6.07, 6.45) is 1.79. The molecule has 0 amide bonds. The van der Waals surface area contributed by atoms with E-state index in [0.29, 0.717) is 22.6 Å². The maximum atomic E-state index is 12.6. The molecule has 2 aromatic heterocycles. The Hall–Kier alpha value is -3.10. The molecule has 1 aromatic carbocycles. The summed E-state index contributed by atoms with van der Waals surface area (Å²) >= 11 is 0. The summed E-state index contributed by atoms with van der Waals surface area (Å²) in [5.41, 5.74) is 2.49. The lowest BCUT2D eigenvalue weighted by Gasteiger charge is -2.07. The summed E-state index contributed by atoms with van der Waals surface area (Å²) in [6.45, 7) is 0.175. The number of benzene rings is 1. The van der Waals surface area contributed by atoms with Gasteiger partial charge in [0.2, 0.25) is 5.78 Å². The molecule has 3 aromatic rings. The summed E-state index contributed by atoms with van der Waals surface area (Å²) < 4.78 is 12.1. The van der Waals surface area contributed by atoms with Gasteiger partial charge in [0.15, 0.2) is 6.79 Å². The zero-order valence-corrected chi connectivity index (χ0v) is 12.5. The van der Waals surface area contributed by atoms with E-state index in [1.165, 1.54) is 0 Å². The highest BCUT2D eigenvalue weighted by Gasteiger charge is 2.13. The van der Waals surface area contributed by atoms with Crippen LogP contribution >= 0.6 is 0 Å². The normalized spacial score (nSPS) is 10.4. The number of hydrogen-bond acceptors (Lipinski definition) is 4. The third kappa shape index (κ3) is 2.93. The number of aromatic nitrogens is 1. The van der Waals surface area contributed by atoms with Gasteiger partial charge in [0.1, 0.15) is 5.75 Å². The van der Waals surface area contributed by atoms with E-state index in [-0.39, 0.29) is 12.6 Å². The van der Waals surface area contributed by atoms with Crippen molar-refractivity contribution in [2.24, 2.45) is 0 Å². The Morgan fingerprint density at radius 2 is 1.96 bits per heavy atom. The predicted molar refractivity (Wildman–Crippen MR) is 84.5 cm³/mol. The number of methoxy groups -OCH3 is 1. The first-order valence-corrected chi connectivity index (χ1v) is 7.00. The third-order valence-corrected chi connectivity index (χ3v) is 3.48. The quantitative estimate of drug-likeness (QED) is 0.537. The second-order valence-corrected chi connectivity index (χ2v) is 4.95. The number of rotatable bonds is 5. The second kappa shape index (κ2) is 6.34. The number of ether oxygens (including phenoxy) is 2. The minimum Gasteiger partial charge on any atom is -0.467 e. The molecule has 0 saturated heterocycles. The van der Waals surface area contributed by atoms with Gasteiger partial charge in [-0.2, -0.15) is 5.26 Å². The fourth-order valence-electron chi connectivity index (χ4n) is 2.34. The lowest BCUT2D eigenvalue weighted by Crippen LogP contribution is -2.05. The number of nitriles is 1. The van der Waals surface area contributed by atoms with Gasteiger partial charge in [-0.25, -0.2) is 0 Å². The Balaban J connectivity index is 1.93. The molecule has 0 N–H and O–H groups in total. The van der Waals surface area contributed by atoms with Crippen LogP contribution in [0.4, 0.5) is 0 Å². The number of nitrogens with zero attached hydrogens (tertiary/aromatic N) is 2. The van der Waals surface area contributed by atoms with Crippen molar-refractivity contribution in [2.45, 2.75) is 0 Å². The predicted octanol–water partition coefficient (Wildman–Crippen LogP) is 3.02. The van der Waals surface area contributed by atoms with Crippen molar-refractivity contribution in [1.82, 2.24) is 4.40 Å². The molecule has 3 rings (SSSR count). The van der Waals surface area contributed by atoms with Gasteiger partial charge in [0.25, 0.3) is 0 Å². The fraction of sp³-hybridized carbons (Fsp3) is 0.111. The first-order valence-electron chi connectivity index (χ1n) is 7.00. The SMILES string of the molecule is COCOc1ccn2c(C(=O)c3ccc(C#N)cc3)ccc2c1. The zero-order chi connectivity index (χ0) is 16.2. The Bertz CT molecular complexity index is 889. The maximum absolute atomic E-state index is 12.6. The number of carbonyl (C=O) groups is 1. The number of hydrogen-bond donors (Lipinski definition) is 0. The van der Waals surface area contributed by atoms with E-state index >= 15 is 0 Å². The first-order chi connectivity index (χ1) is 11.2. The number of carbonyl (C=O) groups excluding carboxylic acids is 1. The van der Waals surface area contributed by atoms with Crippen LogP contribution < -0.4 is 4.74 Å². The molecule has 0 fully saturated rings. The molecule has 0 bridgehead atoms. The number of pyridine rings is 1. The summed E-state index contributed by atoms with van der Waals surface area (Å²) in [7, 11) is 1.56. The molecule has 0 aliphatic rings. The molecular formula is C18H14N2O3. The highest BCUT2D eigenvalue weighted by atomic mass is 16.7. The highest BCUT2D eigenvalue weighted by molar-refractivity contribution is 6.08. The first kappa shape index (κ1) is 14.8. The lowest BCUT2D eigenvalue weighted by molar-refractivity contribution is 0.0511. The molecule has 0 unspecified atom stereocenters. The molecule has 114 valence electrons. The van der Waals surface area contributed by atoms with Crippen molar-refractivity contribution in [3.05, 3.63) is 71.5 Å². The Morgan fingerprint density at radius 1 is 1.17 bits per heavy atom. The van der Waals surface area contributed by atoms with E-state index in [2.05, 4.69) is 0 Å². The van der Waals surface area contributed by atoms with Crippen LogP contribution in [0.15, 0.2) is 54.7 Å². The molecule has 23 heavy (non-hydrogen) atoms. The van der Waals surface area contributed by atoms with E-state index in [9.17, 15) is 4.79 Å². The maximum Gasteiger partial charge on any atom is 0.209 e. The van der Waals surface area contributed by atoms with Crippen molar-refractivity contribution >= 4 is 11.3 Å². The zero-order valence-electron chi connectivity index (χ0n) is 12.5. The van der Waals surface area contributed by atoms with Crippen LogP contribution in [0.5, 0.6) is 5.75 Å². The van der Waals surface area contributed by atoms with Gasteiger partial charge < -0.3 is 13.9 Å². The van der Waals surface area contributed by atoms with Crippen molar-refractivity contribution in [2.75, 3.05) is 13.9 Å². The van der Waals surface area contributed by atoms with E-state index in [0.717, 1.165) is 5.52 Å². The summed E-state index contributed by atoms with van der Waals surface area (Å²) in [4.78, 5) is 12.6. The van der Waals surface area contributed by atoms with E-state index in [4.69, 9.17) is 14.7 Å². The van der Waals surface area contributed by atoms with Crippen LogP contribution in [-0.2, 0) is 4.74 Å². The molecular weight excluding hydrogens is 292 g/mol. The second-order valence-electron chi connectivity index (χ2n) is 4.95. The van der Waals surface area contributed by atoms with Crippen molar-refractivity contribution < 1.29 is 14.3 Å². The van der Waals surface area contributed by atoms with Crippen molar-refractivity contribution in [3.63, 3.8) is 0 Å². The molecule has 2 heterocycles. The molecule has 0 atom stereocenters.